The van der Waals surface area contributed by atoms with Crippen LogP contribution in [0.2, 0.25) is 0 Å². The van der Waals surface area contributed by atoms with Crippen LogP contribution in [0.5, 0.6) is 0 Å². The van der Waals surface area contributed by atoms with Gasteiger partial charge in [-0.05, 0) is 42.3 Å². The van der Waals surface area contributed by atoms with Gasteiger partial charge in [0.15, 0.2) is 0 Å². The zero-order valence-electron chi connectivity index (χ0n) is 9.98. The number of pyridine rings is 1. The van der Waals surface area contributed by atoms with Gasteiger partial charge in [0.05, 0.1) is 0 Å². The summed E-state index contributed by atoms with van der Waals surface area (Å²) in [4.78, 5) is 16.0. The Bertz CT molecular complexity index is 552. The molecule has 0 unspecified atom stereocenters. The second-order valence-electron chi connectivity index (χ2n) is 4.00. The first-order valence-electron chi connectivity index (χ1n) is 5.58. The third kappa shape index (κ3) is 3.08. The van der Waals surface area contributed by atoms with E-state index in [0.717, 1.165) is 11.1 Å². The molecule has 0 fully saturated rings. The lowest BCUT2D eigenvalue weighted by atomic mass is 10.1. The van der Waals surface area contributed by atoms with Crippen LogP contribution in [-0.4, -0.2) is 10.9 Å². The number of rotatable bonds is 3. The fourth-order valence-electron chi connectivity index (χ4n) is 1.54. The number of aromatic nitrogens is 1. The number of benzene rings is 1. The molecule has 2 aromatic rings. The zero-order valence-corrected chi connectivity index (χ0v) is 10.7. The van der Waals surface area contributed by atoms with Crippen molar-refractivity contribution in [3.8, 4) is 0 Å². The highest BCUT2D eigenvalue weighted by atomic mass is 35.5. The van der Waals surface area contributed by atoms with Crippen molar-refractivity contribution < 1.29 is 4.79 Å². The fourth-order valence-corrected chi connectivity index (χ4v) is 1.72. The number of hydrogen-bond acceptors (Lipinski definition) is 2. The highest BCUT2D eigenvalue weighted by Crippen LogP contribution is 2.10. The molecule has 0 bridgehead atoms. The standard InChI is InChI=1S/C14H13ClN2O/c1-10-6-7-16-13(8-10)17-14(18)12-4-2-11(9-15)3-5-12/h2-8H,9H2,1H3,(H,16,17,18). The third-order valence-corrected chi connectivity index (χ3v) is 2.84. The minimum Gasteiger partial charge on any atom is -0.307 e. The zero-order chi connectivity index (χ0) is 13.0. The molecule has 2 rings (SSSR count). The maximum absolute atomic E-state index is 11.9. The first-order valence-corrected chi connectivity index (χ1v) is 6.11. The van der Waals surface area contributed by atoms with Gasteiger partial charge in [0.25, 0.3) is 5.91 Å². The first kappa shape index (κ1) is 12.6. The highest BCUT2D eigenvalue weighted by molar-refractivity contribution is 6.17. The van der Waals surface area contributed by atoms with Crippen molar-refractivity contribution in [1.29, 1.82) is 0 Å². The van der Waals surface area contributed by atoms with E-state index < -0.39 is 0 Å². The predicted molar refractivity (Wildman–Crippen MR) is 72.9 cm³/mol. The van der Waals surface area contributed by atoms with Crippen LogP contribution in [0.15, 0.2) is 42.6 Å². The molecule has 1 heterocycles. The van der Waals surface area contributed by atoms with Crippen molar-refractivity contribution in [1.82, 2.24) is 4.98 Å². The van der Waals surface area contributed by atoms with Crippen LogP contribution in [0, 0.1) is 6.92 Å². The molecule has 18 heavy (non-hydrogen) atoms. The van der Waals surface area contributed by atoms with E-state index in [-0.39, 0.29) is 5.91 Å². The number of halogens is 1. The van der Waals surface area contributed by atoms with Crippen LogP contribution in [0.25, 0.3) is 0 Å². The Balaban J connectivity index is 2.11. The van der Waals surface area contributed by atoms with Crippen molar-refractivity contribution in [3.63, 3.8) is 0 Å². The van der Waals surface area contributed by atoms with Gasteiger partial charge in [-0.1, -0.05) is 12.1 Å². The lowest BCUT2D eigenvalue weighted by Gasteiger charge is -2.05. The summed E-state index contributed by atoms with van der Waals surface area (Å²) < 4.78 is 0. The molecular weight excluding hydrogens is 248 g/mol. The number of aryl methyl sites for hydroxylation is 1. The molecule has 0 saturated carbocycles. The van der Waals surface area contributed by atoms with Crippen molar-refractivity contribution in [3.05, 3.63) is 59.3 Å². The van der Waals surface area contributed by atoms with Crippen LogP contribution < -0.4 is 5.32 Å². The van der Waals surface area contributed by atoms with Crippen LogP contribution in [0.3, 0.4) is 0 Å². The lowest BCUT2D eigenvalue weighted by molar-refractivity contribution is 0.102. The predicted octanol–water partition coefficient (Wildman–Crippen LogP) is 3.38. The van der Waals surface area contributed by atoms with Crippen molar-refractivity contribution in [2.75, 3.05) is 5.32 Å². The van der Waals surface area contributed by atoms with Gasteiger partial charge >= 0.3 is 0 Å². The monoisotopic (exact) mass is 260 g/mol. The topological polar surface area (TPSA) is 42.0 Å². The van der Waals surface area contributed by atoms with Gasteiger partial charge in [-0.15, -0.1) is 11.6 Å². The second-order valence-corrected chi connectivity index (χ2v) is 4.27. The summed E-state index contributed by atoms with van der Waals surface area (Å²) in [5, 5.41) is 2.75. The SMILES string of the molecule is Cc1ccnc(NC(=O)c2ccc(CCl)cc2)c1. The van der Waals surface area contributed by atoms with E-state index in [1.54, 1.807) is 18.3 Å². The fraction of sp³-hybridized carbons (Fsp3) is 0.143. The first-order chi connectivity index (χ1) is 8.69. The minimum atomic E-state index is -0.172. The highest BCUT2D eigenvalue weighted by Gasteiger charge is 2.06. The summed E-state index contributed by atoms with van der Waals surface area (Å²) in [6, 6.07) is 10.9. The molecule has 0 aliphatic rings. The van der Waals surface area contributed by atoms with Crippen LogP contribution in [0.1, 0.15) is 21.5 Å². The summed E-state index contributed by atoms with van der Waals surface area (Å²) >= 11 is 5.70. The number of carbonyl (C=O) groups is 1. The van der Waals surface area contributed by atoms with Crippen LogP contribution >= 0.6 is 11.6 Å². The van der Waals surface area contributed by atoms with Gasteiger partial charge in [-0.2, -0.15) is 0 Å². The molecule has 1 amide bonds. The average molecular weight is 261 g/mol. The van der Waals surface area contributed by atoms with Crippen molar-refractivity contribution in [2.45, 2.75) is 12.8 Å². The normalized spacial score (nSPS) is 10.1. The number of anilines is 1. The smallest absolute Gasteiger partial charge is 0.256 e. The number of alkyl halides is 1. The summed E-state index contributed by atoms with van der Waals surface area (Å²) in [5.74, 6) is 0.831. The van der Waals surface area contributed by atoms with Gasteiger partial charge in [-0.25, -0.2) is 4.98 Å². The van der Waals surface area contributed by atoms with Crippen LogP contribution in [0.4, 0.5) is 5.82 Å². The molecule has 0 spiro atoms. The van der Waals surface area contributed by atoms with Gasteiger partial charge in [-0.3, -0.25) is 4.79 Å². The Hall–Kier alpha value is -1.87. The summed E-state index contributed by atoms with van der Waals surface area (Å²) in [7, 11) is 0. The van der Waals surface area contributed by atoms with Crippen molar-refractivity contribution in [2.24, 2.45) is 0 Å². The summed E-state index contributed by atoms with van der Waals surface area (Å²) in [5.41, 5.74) is 2.63. The van der Waals surface area contributed by atoms with E-state index in [9.17, 15) is 4.79 Å². The van der Waals surface area contributed by atoms with Gasteiger partial charge < -0.3 is 5.32 Å². The molecule has 1 aromatic heterocycles. The Kier molecular flexibility index (Phi) is 3.95. The van der Waals surface area contributed by atoms with Gasteiger partial charge in [0, 0.05) is 17.6 Å². The molecule has 0 aliphatic heterocycles. The van der Waals surface area contributed by atoms with Crippen molar-refractivity contribution >= 4 is 23.3 Å². The van der Waals surface area contributed by atoms with E-state index >= 15 is 0 Å². The van der Waals surface area contributed by atoms with Gasteiger partial charge in [0.2, 0.25) is 0 Å². The molecule has 0 radical (unpaired) electrons. The molecular formula is C14H13ClN2O. The summed E-state index contributed by atoms with van der Waals surface area (Å²) in [6.45, 7) is 1.95. The number of nitrogens with zero attached hydrogens (tertiary/aromatic N) is 1. The van der Waals surface area contributed by atoms with Gasteiger partial charge in [0.1, 0.15) is 5.82 Å². The van der Waals surface area contributed by atoms with E-state index in [1.165, 1.54) is 0 Å². The second kappa shape index (κ2) is 5.65. The molecule has 4 heteroatoms. The molecule has 92 valence electrons. The Labute approximate surface area is 111 Å². The molecule has 1 N–H and O–H groups in total. The maximum atomic E-state index is 11.9. The van der Waals surface area contributed by atoms with E-state index in [2.05, 4.69) is 10.3 Å². The molecule has 0 atom stereocenters. The average Bonchev–Trinajstić information content (AvgIpc) is 2.39. The number of hydrogen-bond donors (Lipinski definition) is 1. The summed E-state index contributed by atoms with van der Waals surface area (Å²) in [6.07, 6.45) is 1.67. The molecule has 1 aromatic carbocycles. The number of carbonyl (C=O) groups excluding carboxylic acids is 1. The third-order valence-electron chi connectivity index (χ3n) is 2.53. The maximum Gasteiger partial charge on any atom is 0.256 e. The Morgan fingerprint density at radius 1 is 1.28 bits per heavy atom. The van der Waals surface area contributed by atoms with E-state index in [1.807, 2.05) is 31.2 Å². The Morgan fingerprint density at radius 3 is 2.61 bits per heavy atom. The number of amides is 1. The lowest BCUT2D eigenvalue weighted by Crippen LogP contribution is -2.12. The largest absolute Gasteiger partial charge is 0.307 e. The molecule has 0 aliphatic carbocycles. The van der Waals surface area contributed by atoms with E-state index in [4.69, 9.17) is 11.6 Å². The van der Waals surface area contributed by atoms with Crippen LogP contribution in [-0.2, 0) is 5.88 Å². The molecule has 0 saturated heterocycles. The number of nitrogens with one attached hydrogen (secondary N) is 1. The quantitative estimate of drug-likeness (QED) is 0.860. The Morgan fingerprint density at radius 2 is 2.00 bits per heavy atom. The minimum absolute atomic E-state index is 0.172. The van der Waals surface area contributed by atoms with E-state index in [0.29, 0.717) is 17.3 Å². The molecule has 3 nitrogen and oxygen atoms in total.